The summed E-state index contributed by atoms with van der Waals surface area (Å²) in [5.41, 5.74) is 6.01. The van der Waals surface area contributed by atoms with Gasteiger partial charge in [0.1, 0.15) is 11.3 Å². The van der Waals surface area contributed by atoms with Crippen LogP contribution in [0.3, 0.4) is 0 Å². The summed E-state index contributed by atoms with van der Waals surface area (Å²) in [7, 11) is 0. The highest BCUT2D eigenvalue weighted by atomic mass is 16.2. The number of nitrogens with one attached hydrogen (secondary N) is 1. The van der Waals surface area contributed by atoms with Crippen LogP contribution in [0.5, 0.6) is 0 Å². The number of rotatable bonds is 1. The number of carbonyl (C=O) groups is 2. The van der Waals surface area contributed by atoms with Gasteiger partial charge in [-0.15, -0.1) is 0 Å². The lowest BCUT2D eigenvalue weighted by Crippen LogP contribution is -2.45. The Morgan fingerprint density at radius 3 is 2.65 bits per heavy atom. The number of amidine groups is 1. The second-order valence-corrected chi connectivity index (χ2v) is 4.43. The second-order valence-electron chi connectivity index (χ2n) is 4.43. The molecule has 1 saturated carbocycles. The van der Waals surface area contributed by atoms with Crippen LogP contribution in [0, 0.1) is 5.41 Å². The fourth-order valence-electron chi connectivity index (χ4n) is 1.95. The zero-order valence-electron chi connectivity index (χ0n) is 9.06. The van der Waals surface area contributed by atoms with Crippen LogP contribution < -0.4 is 11.1 Å². The van der Waals surface area contributed by atoms with Crippen molar-refractivity contribution in [3.8, 4) is 0 Å². The van der Waals surface area contributed by atoms with Crippen molar-refractivity contribution in [1.82, 2.24) is 5.32 Å². The molecule has 0 unspecified atom stereocenters. The molecule has 0 atom stereocenters. The predicted molar refractivity (Wildman–Crippen MR) is 62.2 cm³/mol. The average molecular weight is 229 g/mol. The number of carbonyl (C=O) groups excluding carboxylic acids is 2. The molecular formula is C12H11N3O2. The lowest BCUT2D eigenvalue weighted by atomic mass is 10.0. The Hall–Kier alpha value is -2.17. The van der Waals surface area contributed by atoms with E-state index in [2.05, 4.69) is 10.3 Å². The van der Waals surface area contributed by atoms with E-state index in [1.807, 2.05) is 0 Å². The number of nitrogens with zero attached hydrogens (tertiary/aromatic N) is 1. The molecule has 0 saturated heterocycles. The Labute approximate surface area is 97.7 Å². The van der Waals surface area contributed by atoms with Crippen molar-refractivity contribution < 1.29 is 9.59 Å². The van der Waals surface area contributed by atoms with Gasteiger partial charge in [0, 0.05) is 11.3 Å². The lowest BCUT2D eigenvalue weighted by Gasteiger charge is -2.19. The number of nitrogens with two attached hydrogens (primary N) is 1. The molecule has 0 radical (unpaired) electrons. The molecule has 17 heavy (non-hydrogen) atoms. The molecule has 5 nitrogen and oxygen atoms in total. The van der Waals surface area contributed by atoms with E-state index in [1.165, 1.54) is 0 Å². The van der Waals surface area contributed by atoms with E-state index in [1.54, 1.807) is 24.3 Å². The highest BCUT2D eigenvalue weighted by molar-refractivity contribution is 6.24. The molecule has 5 heteroatoms. The van der Waals surface area contributed by atoms with Crippen molar-refractivity contribution in [1.29, 1.82) is 0 Å². The minimum Gasteiger partial charge on any atom is -0.399 e. The molecule has 1 aliphatic heterocycles. The molecule has 86 valence electrons. The number of hydrogen-bond donors (Lipinski definition) is 2. The summed E-state index contributed by atoms with van der Waals surface area (Å²) >= 11 is 0. The highest BCUT2D eigenvalue weighted by Crippen LogP contribution is 2.48. The molecule has 1 spiro atoms. The van der Waals surface area contributed by atoms with Gasteiger partial charge >= 0.3 is 0 Å². The van der Waals surface area contributed by atoms with Crippen LogP contribution >= 0.6 is 0 Å². The fourth-order valence-corrected chi connectivity index (χ4v) is 1.95. The summed E-state index contributed by atoms with van der Waals surface area (Å²) < 4.78 is 0. The van der Waals surface area contributed by atoms with Crippen LogP contribution in [-0.2, 0) is 9.59 Å². The molecule has 1 aromatic carbocycles. The summed E-state index contributed by atoms with van der Waals surface area (Å²) in [5.74, 6) is -0.279. The van der Waals surface area contributed by atoms with Gasteiger partial charge in [-0.3, -0.25) is 9.59 Å². The molecule has 3 N–H and O–H groups in total. The van der Waals surface area contributed by atoms with Crippen LogP contribution in [0.4, 0.5) is 5.69 Å². The number of benzene rings is 1. The monoisotopic (exact) mass is 229 g/mol. The number of amides is 2. The Kier molecular flexibility index (Phi) is 1.86. The first kappa shape index (κ1) is 10.0. The molecule has 0 aromatic heterocycles. The predicted octanol–water partition coefficient (Wildman–Crippen LogP) is 0.452. The quantitative estimate of drug-likeness (QED) is 0.541. The fraction of sp³-hybridized carbons (Fsp3) is 0.250. The van der Waals surface area contributed by atoms with Crippen molar-refractivity contribution in [2.45, 2.75) is 12.8 Å². The maximum Gasteiger partial charge on any atom is 0.263 e. The van der Waals surface area contributed by atoms with Crippen molar-refractivity contribution in [2.75, 3.05) is 5.73 Å². The maximum atomic E-state index is 11.8. The first-order chi connectivity index (χ1) is 8.12. The zero-order valence-corrected chi connectivity index (χ0v) is 9.06. The number of aliphatic imine (C=N–C) groups is 1. The largest absolute Gasteiger partial charge is 0.399 e. The second kappa shape index (κ2) is 3.16. The van der Waals surface area contributed by atoms with Crippen LogP contribution in [0.1, 0.15) is 18.4 Å². The van der Waals surface area contributed by atoms with Gasteiger partial charge in [-0.05, 0) is 25.0 Å². The molecule has 1 fully saturated rings. The third-order valence-electron chi connectivity index (χ3n) is 3.20. The summed E-state index contributed by atoms with van der Waals surface area (Å²) in [6, 6.07) is 6.93. The summed E-state index contributed by atoms with van der Waals surface area (Å²) in [6.07, 6.45) is 1.21. The Morgan fingerprint density at radius 2 is 2.06 bits per heavy atom. The van der Waals surface area contributed by atoms with Crippen molar-refractivity contribution >= 4 is 23.3 Å². The van der Waals surface area contributed by atoms with Crippen LogP contribution in [0.15, 0.2) is 29.3 Å². The van der Waals surface area contributed by atoms with Gasteiger partial charge in [-0.1, -0.05) is 12.1 Å². The molecule has 1 aliphatic carbocycles. The summed E-state index contributed by atoms with van der Waals surface area (Å²) in [5, 5.41) is 2.68. The van der Waals surface area contributed by atoms with E-state index in [0.717, 1.165) is 0 Å². The maximum absolute atomic E-state index is 11.8. The Bertz CT molecular complexity index is 559. The number of hydrogen-bond acceptors (Lipinski definition) is 3. The first-order valence-corrected chi connectivity index (χ1v) is 5.42. The van der Waals surface area contributed by atoms with E-state index >= 15 is 0 Å². The number of nitrogen functional groups attached to an aromatic ring is 1. The average Bonchev–Trinajstić information content (AvgIpc) is 3.07. The van der Waals surface area contributed by atoms with Gasteiger partial charge in [0.15, 0.2) is 0 Å². The smallest absolute Gasteiger partial charge is 0.263 e. The van der Waals surface area contributed by atoms with E-state index in [0.29, 0.717) is 29.9 Å². The van der Waals surface area contributed by atoms with Gasteiger partial charge in [0.25, 0.3) is 5.91 Å². The van der Waals surface area contributed by atoms with E-state index < -0.39 is 5.41 Å². The van der Waals surface area contributed by atoms with Gasteiger partial charge < -0.3 is 11.1 Å². The zero-order chi connectivity index (χ0) is 12.0. The lowest BCUT2D eigenvalue weighted by molar-refractivity contribution is -0.135. The number of anilines is 1. The first-order valence-electron chi connectivity index (χ1n) is 5.42. The van der Waals surface area contributed by atoms with Gasteiger partial charge in [-0.25, -0.2) is 0 Å². The van der Waals surface area contributed by atoms with Gasteiger partial charge in [0.2, 0.25) is 5.91 Å². The topological polar surface area (TPSA) is 84.5 Å². The third kappa shape index (κ3) is 1.43. The Morgan fingerprint density at radius 1 is 1.29 bits per heavy atom. The van der Waals surface area contributed by atoms with E-state index in [4.69, 9.17) is 5.73 Å². The molecule has 3 rings (SSSR count). The third-order valence-corrected chi connectivity index (χ3v) is 3.20. The van der Waals surface area contributed by atoms with Gasteiger partial charge in [0.05, 0.1) is 0 Å². The normalized spacial score (nSPS) is 21.1. The minimum absolute atomic E-state index is 0.241. The SMILES string of the molecule is Nc1cccc(C2=NC(=O)C3(CC3)C(=O)N2)c1. The van der Waals surface area contributed by atoms with Crippen LogP contribution in [0.2, 0.25) is 0 Å². The molecule has 0 bridgehead atoms. The van der Waals surface area contributed by atoms with E-state index in [9.17, 15) is 9.59 Å². The van der Waals surface area contributed by atoms with Crippen molar-refractivity contribution in [3.05, 3.63) is 29.8 Å². The van der Waals surface area contributed by atoms with E-state index in [-0.39, 0.29) is 11.8 Å². The van der Waals surface area contributed by atoms with Gasteiger partial charge in [-0.2, -0.15) is 4.99 Å². The molecule has 2 amide bonds. The molecule has 1 aromatic rings. The summed E-state index contributed by atoms with van der Waals surface area (Å²) in [4.78, 5) is 27.5. The van der Waals surface area contributed by atoms with Crippen LogP contribution in [-0.4, -0.2) is 17.6 Å². The minimum atomic E-state index is -0.857. The summed E-state index contributed by atoms with van der Waals surface area (Å²) in [6.45, 7) is 0. The van der Waals surface area contributed by atoms with Crippen LogP contribution in [0.25, 0.3) is 0 Å². The molecule has 1 heterocycles. The highest BCUT2D eigenvalue weighted by Gasteiger charge is 2.58. The Balaban J connectivity index is 2.00. The van der Waals surface area contributed by atoms with Crippen molar-refractivity contribution in [2.24, 2.45) is 10.4 Å². The molecule has 2 aliphatic rings. The van der Waals surface area contributed by atoms with Crippen molar-refractivity contribution in [3.63, 3.8) is 0 Å². The molecular weight excluding hydrogens is 218 g/mol. The standard InChI is InChI=1S/C12H11N3O2/c13-8-3-1-2-7(6-8)9-14-10(16)12(4-5-12)11(17)15-9/h1-3,6H,4-5,13H2,(H,14,15,16,17).